The summed E-state index contributed by atoms with van der Waals surface area (Å²) in [6.07, 6.45) is 1.99. The van der Waals surface area contributed by atoms with E-state index in [4.69, 9.17) is 0 Å². The fourth-order valence-electron chi connectivity index (χ4n) is 2.86. The third-order valence-electron chi connectivity index (χ3n) is 3.75. The summed E-state index contributed by atoms with van der Waals surface area (Å²) in [5.74, 6) is 0.0978. The van der Waals surface area contributed by atoms with Crippen LogP contribution in [0.4, 0.5) is 0 Å². The second kappa shape index (κ2) is 3.32. The van der Waals surface area contributed by atoms with Crippen molar-refractivity contribution in [2.24, 2.45) is 0 Å². The molecular formula is C13H16N2O. The first kappa shape index (κ1) is 9.85. The molecule has 2 heterocycles. The number of aryl methyl sites for hydroxylation is 1. The first-order valence-electron chi connectivity index (χ1n) is 5.86. The Kier molecular flexibility index (Phi) is 2.04. The smallest absolute Gasteiger partial charge is 0.252 e. The number of carbonyl (C=O) groups is 1. The number of carbonyl (C=O) groups excluding carboxylic acids is 1. The Morgan fingerprint density at radius 2 is 2.00 bits per heavy atom. The molecule has 3 heteroatoms. The molecule has 84 valence electrons. The zero-order valence-electron chi connectivity index (χ0n) is 9.47. The summed E-state index contributed by atoms with van der Waals surface area (Å²) < 4.78 is 0. The van der Waals surface area contributed by atoms with Crippen molar-refractivity contribution >= 4 is 5.91 Å². The van der Waals surface area contributed by atoms with Gasteiger partial charge in [0.2, 0.25) is 0 Å². The van der Waals surface area contributed by atoms with Gasteiger partial charge in [-0.25, -0.2) is 0 Å². The van der Waals surface area contributed by atoms with Crippen molar-refractivity contribution in [2.45, 2.75) is 25.3 Å². The molecule has 0 aliphatic carbocycles. The summed E-state index contributed by atoms with van der Waals surface area (Å²) in [7, 11) is 0. The molecule has 1 amide bonds. The van der Waals surface area contributed by atoms with Gasteiger partial charge in [-0.2, -0.15) is 0 Å². The highest BCUT2D eigenvalue weighted by molar-refractivity contribution is 6.00. The van der Waals surface area contributed by atoms with Crippen LogP contribution in [0, 0.1) is 6.92 Å². The molecule has 1 spiro atoms. The minimum atomic E-state index is -0.0919. The van der Waals surface area contributed by atoms with Gasteiger partial charge in [-0.15, -0.1) is 0 Å². The average molecular weight is 216 g/mol. The van der Waals surface area contributed by atoms with Gasteiger partial charge in [0.25, 0.3) is 5.91 Å². The molecule has 0 bridgehead atoms. The van der Waals surface area contributed by atoms with E-state index in [0.717, 1.165) is 37.1 Å². The standard InChI is InChI=1S/C13H16N2O/c1-9-2-3-11-10(8-9)12(16)15-13(11)4-6-14-7-5-13/h2-3,8,14H,4-7H2,1H3,(H,15,16). The predicted molar refractivity (Wildman–Crippen MR) is 62.4 cm³/mol. The Morgan fingerprint density at radius 3 is 2.75 bits per heavy atom. The van der Waals surface area contributed by atoms with E-state index in [-0.39, 0.29) is 11.4 Å². The molecule has 1 aromatic rings. The van der Waals surface area contributed by atoms with Crippen LogP contribution < -0.4 is 10.6 Å². The van der Waals surface area contributed by atoms with E-state index in [1.165, 1.54) is 5.56 Å². The molecule has 3 rings (SSSR count). The summed E-state index contributed by atoms with van der Waals surface area (Å²) in [6.45, 7) is 3.99. The van der Waals surface area contributed by atoms with Gasteiger partial charge in [-0.1, -0.05) is 17.7 Å². The molecule has 2 aliphatic rings. The molecule has 0 unspecified atom stereocenters. The largest absolute Gasteiger partial charge is 0.342 e. The fourth-order valence-corrected chi connectivity index (χ4v) is 2.86. The highest BCUT2D eigenvalue weighted by Gasteiger charge is 2.43. The first-order valence-corrected chi connectivity index (χ1v) is 5.86. The number of benzene rings is 1. The Bertz CT molecular complexity index is 447. The van der Waals surface area contributed by atoms with E-state index in [1.807, 2.05) is 13.0 Å². The van der Waals surface area contributed by atoms with Crippen molar-refractivity contribution in [1.29, 1.82) is 0 Å². The van der Waals surface area contributed by atoms with Crippen LogP contribution in [0.2, 0.25) is 0 Å². The van der Waals surface area contributed by atoms with Gasteiger partial charge in [-0.3, -0.25) is 4.79 Å². The Hall–Kier alpha value is -1.35. The quantitative estimate of drug-likeness (QED) is 0.686. The first-order chi connectivity index (χ1) is 7.71. The van der Waals surface area contributed by atoms with E-state index >= 15 is 0 Å². The maximum absolute atomic E-state index is 12.0. The number of piperidine rings is 1. The van der Waals surface area contributed by atoms with E-state index in [2.05, 4.69) is 22.8 Å². The molecule has 0 saturated carbocycles. The molecule has 16 heavy (non-hydrogen) atoms. The molecule has 0 atom stereocenters. The molecule has 1 aromatic carbocycles. The lowest BCUT2D eigenvalue weighted by atomic mass is 9.82. The van der Waals surface area contributed by atoms with Crippen LogP contribution in [-0.4, -0.2) is 19.0 Å². The van der Waals surface area contributed by atoms with Crippen LogP contribution in [0.3, 0.4) is 0 Å². The van der Waals surface area contributed by atoms with Gasteiger partial charge in [0, 0.05) is 5.56 Å². The highest BCUT2D eigenvalue weighted by Crippen LogP contribution is 2.38. The summed E-state index contributed by atoms with van der Waals surface area (Å²) in [6, 6.07) is 6.22. The molecule has 2 aliphatic heterocycles. The fraction of sp³-hybridized carbons (Fsp3) is 0.462. The Balaban J connectivity index is 2.11. The van der Waals surface area contributed by atoms with Crippen LogP contribution in [0.25, 0.3) is 0 Å². The number of rotatable bonds is 0. The summed E-state index contributed by atoms with van der Waals surface area (Å²) in [4.78, 5) is 12.0. The van der Waals surface area contributed by atoms with Crippen LogP contribution in [-0.2, 0) is 5.54 Å². The van der Waals surface area contributed by atoms with Gasteiger partial charge >= 0.3 is 0 Å². The Morgan fingerprint density at radius 1 is 1.25 bits per heavy atom. The maximum atomic E-state index is 12.0. The average Bonchev–Trinajstić information content (AvgIpc) is 2.53. The van der Waals surface area contributed by atoms with Gasteiger partial charge in [0.15, 0.2) is 0 Å². The topological polar surface area (TPSA) is 41.1 Å². The summed E-state index contributed by atoms with van der Waals surface area (Å²) >= 11 is 0. The van der Waals surface area contributed by atoms with Crippen molar-refractivity contribution in [3.05, 3.63) is 34.9 Å². The van der Waals surface area contributed by atoms with Crippen LogP contribution in [0.15, 0.2) is 18.2 Å². The second-order valence-electron chi connectivity index (χ2n) is 4.84. The minimum Gasteiger partial charge on any atom is -0.342 e. The van der Waals surface area contributed by atoms with Crippen LogP contribution in [0.1, 0.15) is 34.3 Å². The lowest BCUT2D eigenvalue weighted by molar-refractivity contribution is 0.0913. The third kappa shape index (κ3) is 1.28. The number of hydrogen-bond acceptors (Lipinski definition) is 2. The van der Waals surface area contributed by atoms with Crippen LogP contribution >= 0.6 is 0 Å². The lowest BCUT2D eigenvalue weighted by Crippen LogP contribution is -2.47. The molecule has 2 N–H and O–H groups in total. The van der Waals surface area contributed by atoms with Gasteiger partial charge in [0.1, 0.15) is 0 Å². The van der Waals surface area contributed by atoms with E-state index in [9.17, 15) is 4.79 Å². The highest BCUT2D eigenvalue weighted by atomic mass is 16.2. The maximum Gasteiger partial charge on any atom is 0.252 e. The molecule has 3 nitrogen and oxygen atoms in total. The van der Waals surface area contributed by atoms with E-state index in [0.29, 0.717) is 0 Å². The lowest BCUT2D eigenvalue weighted by Gasteiger charge is -2.34. The number of fused-ring (bicyclic) bond motifs is 2. The predicted octanol–water partition coefficient (Wildman–Crippen LogP) is 1.32. The van der Waals surface area contributed by atoms with E-state index in [1.54, 1.807) is 0 Å². The zero-order chi connectivity index (χ0) is 11.2. The van der Waals surface area contributed by atoms with E-state index < -0.39 is 0 Å². The van der Waals surface area contributed by atoms with Crippen molar-refractivity contribution in [3.8, 4) is 0 Å². The van der Waals surface area contributed by atoms with Crippen molar-refractivity contribution < 1.29 is 4.79 Å². The minimum absolute atomic E-state index is 0.0919. The van der Waals surface area contributed by atoms with Crippen molar-refractivity contribution in [1.82, 2.24) is 10.6 Å². The number of nitrogens with one attached hydrogen (secondary N) is 2. The van der Waals surface area contributed by atoms with Gasteiger partial charge < -0.3 is 10.6 Å². The summed E-state index contributed by atoms with van der Waals surface area (Å²) in [5, 5.41) is 6.52. The number of amides is 1. The molecule has 1 fully saturated rings. The normalized spacial score (nSPS) is 21.9. The molecular weight excluding hydrogens is 200 g/mol. The second-order valence-corrected chi connectivity index (χ2v) is 4.84. The third-order valence-corrected chi connectivity index (χ3v) is 3.75. The van der Waals surface area contributed by atoms with Crippen molar-refractivity contribution in [3.63, 3.8) is 0 Å². The summed E-state index contributed by atoms with van der Waals surface area (Å²) in [5.41, 5.74) is 3.14. The zero-order valence-corrected chi connectivity index (χ0v) is 9.47. The molecule has 0 aromatic heterocycles. The van der Waals surface area contributed by atoms with Gasteiger partial charge in [0.05, 0.1) is 5.54 Å². The van der Waals surface area contributed by atoms with Crippen LogP contribution in [0.5, 0.6) is 0 Å². The van der Waals surface area contributed by atoms with Crippen molar-refractivity contribution in [2.75, 3.05) is 13.1 Å². The SMILES string of the molecule is Cc1ccc2c(c1)C(=O)NC21CCNCC1. The molecule has 0 radical (unpaired) electrons. The Labute approximate surface area is 95.2 Å². The number of hydrogen-bond donors (Lipinski definition) is 2. The molecule has 1 saturated heterocycles. The monoisotopic (exact) mass is 216 g/mol. The van der Waals surface area contributed by atoms with Gasteiger partial charge in [-0.05, 0) is 44.5 Å².